The fourth-order valence-corrected chi connectivity index (χ4v) is 2.84. The lowest BCUT2D eigenvalue weighted by Gasteiger charge is -2.28. The molecule has 0 radical (unpaired) electrons. The predicted octanol–water partition coefficient (Wildman–Crippen LogP) is 2.48. The Hall–Kier alpha value is -1.36. The maximum Gasteiger partial charge on any atom is 0.121 e. The second-order valence-electron chi connectivity index (χ2n) is 5.91. The van der Waals surface area contributed by atoms with Crippen molar-refractivity contribution in [1.29, 1.82) is 0 Å². The van der Waals surface area contributed by atoms with Gasteiger partial charge in [0.1, 0.15) is 5.75 Å². The molecular formula is C17H25NO3. The van der Waals surface area contributed by atoms with Crippen LogP contribution in [0.15, 0.2) is 24.3 Å². The fraction of sp³-hybridized carbons (Fsp3) is 0.529. The number of phenolic OH excluding ortho intramolecular Hbond substituents is 1. The summed E-state index contributed by atoms with van der Waals surface area (Å²) >= 11 is 0. The van der Waals surface area contributed by atoms with Crippen molar-refractivity contribution in [2.75, 3.05) is 6.54 Å². The summed E-state index contributed by atoms with van der Waals surface area (Å²) in [6, 6.07) is 5.09. The normalized spacial score (nSPS) is 19.8. The molecular weight excluding hydrogens is 266 g/mol. The molecule has 0 amide bonds. The predicted molar refractivity (Wildman–Crippen MR) is 83.8 cm³/mol. The Balaban J connectivity index is 2.15. The molecule has 1 aliphatic rings. The molecule has 0 bridgehead atoms. The first-order valence-corrected chi connectivity index (χ1v) is 7.67. The van der Waals surface area contributed by atoms with E-state index in [0.717, 1.165) is 31.2 Å². The van der Waals surface area contributed by atoms with Crippen molar-refractivity contribution >= 4 is 6.08 Å². The van der Waals surface area contributed by atoms with Gasteiger partial charge < -0.3 is 21.1 Å². The minimum absolute atomic E-state index is 0.0736. The number of nitrogens with two attached hydrogens (primary N) is 1. The fourth-order valence-electron chi connectivity index (χ4n) is 2.84. The molecule has 1 aromatic rings. The van der Waals surface area contributed by atoms with Gasteiger partial charge >= 0.3 is 0 Å². The number of aliphatic hydroxyl groups excluding tert-OH is 1. The third-order valence-electron chi connectivity index (χ3n) is 4.16. The maximum absolute atomic E-state index is 10.4. The van der Waals surface area contributed by atoms with Gasteiger partial charge in [-0.1, -0.05) is 37.5 Å². The highest BCUT2D eigenvalue weighted by Crippen LogP contribution is 2.31. The van der Waals surface area contributed by atoms with E-state index in [1.165, 1.54) is 6.42 Å². The van der Waals surface area contributed by atoms with Gasteiger partial charge in [-0.05, 0) is 43.5 Å². The quantitative estimate of drug-likeness (QED) is 0.671. The molecule has 1 saturated carbocycles. The topological polar surface area (TPSA) is 86.7 Å². The highest BCUT2D eigenvalue weighted by atomic mass is 16.3. The largest absolute Gasteiger partial charge is 0.508 e. The van der Waals surface area contributed by atoms with Crippen molar-refractivity contribution in [3.05, 3.63) is 35.4 Å². The van der Waals surface area contributed by atoms with Gasteiger partial charge in [0.15, 0.2) is 0 Å². The number of rotatable bonds is 5. The van der Waals surface area contributed by atoms with Gasteiger partial charge in [0.05, 0.1) is 11.7 Å². The summed E-state index contributed by atoms with van der Waals surface area (Å²) < 4.78 is 0. The zero-order valence-corrected chi connectivity index (χ0v) is 12.3. The van der Waals surface area contributed by atoms with Crippen LogP contribution in [-0.2, 0) is 0 Å². The summed E-state index contributed by atoms with van der Waals surface area (Å²) in [5.41, 5.74) is 6.07. The highest BCUT2D eigenvalue weighted by molar-refractivity contribution is 5.54. The number of hydrogen-bond donors (Lipinski definition) is 4. The van der Waals surface area contributed by atoms with E-state index in [-0.39, 0.29) is 5.75 Å². The Labute approximate surface area is 125 Å². The SMILES string of the molecule is NCCC(O)c1cc(/C=C/C2(O)CCCCC2)ccc1O. The third-order valence-corrected chi connectivity index (χ3v) is 4.16. The van der Waals surface area contributed by atoms with Gasteiger partial charge in [0.2, 0.25) is 0 Å². The summed E-state index contributed by atoms with van der Waals surface area (Å²) in [4.78, 5) is 0. The zero-order chi connectivity index (χ0) is 15.3. The molecule has 116 valence electrons. The van der Waals surface area contributed by atoms with E-state index in [1.807, 2.05) is 12.2 Å². The van der Waals surface area contributed by atoms with E-state index in [4.69, 9.17) is 5.73 Å². The van der Waals surface area contributed by atoms with E-state index < -0.39 is 11.7 Å². The van der Waals surface area contributed by atoms with Crippen LogP contribution in [-0.4, -0.2) is 27.5 Å². The van der Waals surface area contributed by atoms with E-state index in [9.17, 15) is 15.3 Å². The lowest BCUT2D eigenvalue weighted by atomic mass is 9.84. The maximum atomic E-state index is 10.4. The average molecular weight is 291 g/mol. The second kappa shape index (κ2) is 7.07. The van der Waals surface area contributed by atoms with Crippen LogP contribution in [0.4, 0.5) is 0 Å². The van der Waals surface area contributed by atoms with Crippen molar-refractivity contribution in [2.24, 2.45) is 5.73 Å². The van der Waals surface area contributed by atoms with Crippen molar-refractivity contribution in [1.82, 2.24) is 0 Å². The first-order valence-electron chi connectivity index (χ1n) is 7.67. The van der Waals surface area contributed by atoms with Crippen LogP contribution < -0.4 is 5.73 Å². The van der Waals surface area contributed by atoms with E-state index in [2.05, 4.69) is 0 Å². The molecule has 0 spiro atoms. The van der Waals surface area contributed by atoms with Crippen molar-refractivity contribution < 1.29 is 15.3 Å². The molecule has 4 nitrogen and oxygen atoms in total. The van der Waals surface area contributed by atoms with Crippen molar-refractivity contribution in [2.45, 2.75) is 50.2 Å². The third kappa shape index (κ3) is 4.30. The van der Waals surface area contributed by atoms with Crippen LogP contribution in [0.25, 0.3) is 6.08 Å². The molecule has 0 heterocycles. The van der Waals surface area contributed by atoms with Crippen LogP contribution >= 0.6 is 0 Å². The second-order valence-corrected chi connectivity index (χ2v) is 5.91. The molecule has 5 N–H and O–H groups in total. The van der Waals surface area contributed by atoms with Gasteiger partial charge in [-0.25, -0.2) is 0 Å². The van der Waals surface area contributed by atoms with Gasteiger partial charge in [-0.15, -0.1) is 0 Å². The number of aromatic hydroxyl groups is 1. The molecule has 1 unspecified atom stereocenters. The Morgan fingerprint density at radius 1 is 1.24 bits per heavy atom. The minimum atomic E-state index is -0.763. The van der Waals surface area contributed by atoms with E-state index in [0.29, 0.717) is 18.5 Å². The number of benzene rings is 1. The molecule has 0 saturated heterocycles. The van der Waals surface area contributed by atoms with E-state index >= 15 is 0 Å². The zero-order valence-electron chi connectivity index (χ0n) is 12.3. The standard InChI is InChI=1S/C17H25NO3/c18-11-7-16(20)14-12-13(4-5-15(14)19)6-10-17(21)8-2-1-3-9-17/h4-6,10,12,16,19-21H,1-3,7-9,11,18H2/b10-6+. The Morgan fingerprint density at radius 2 is 1.95 bits per heavy atom. The molecule has 21 heavy (non-hydrogen) atoms. The Morgan fingerprint density at radius 3 is 2.62 bits per heavy atom. The molecule has 1 fully saturated rings. The Kier molecular flexibility index (Phi) is 5.39. The summed E-state index contributed by atoms with van der Waals surface area (Å²) in [5, 5.41) is 30.3. The van der Waals surface area contributed by atoms with Crippen molar-refractivity contribution in [3.63, 3.8) is 0 Å². The van der Waals surface area contributed by atoms with Crippen LogP contribution in [0.5, 0.6) is 5.75 Å². The smallest absolute Gasteiger partial charge is 0.121 e. The minimum Gasteiger partial charge on any atom is -0.508 e. The molecule has 0 aliphatic heterocycles. The summed E-state index contributed by atoms with van der Waals surface area (Å²) in [6.45, 7) is 0.362. The highest BCUT2D eigenvalue weighted by Gasteiger charge is 2.25. The van der Waals surface area contributed by atoms with Crippen LogP contribution in [0, 0.1) is 0 Å². The van der Waals surface area contributed by atoms with Crippen LogP contribution in [0.2, 0.25) is 0 Å². The van der Waals surface area contributed by atoms with Crippen LogP contribution in [0.3, 0.4) is 0 Å². The first kappa shape index (κ1) is 16.0. The lowest BCUT2D eigenvalue weighted by molar-refractivity contribution is 0.0521. The Bertz CT molecular complexity index is 493. The summed E-state index contributed by atoms with van der Waals surface area (Å²) in [5.74, 6) is 0.0736. The summed E-state index contributed by atoms with van der Waals surface area (Å²) in [7, 11) is 0. The molecule has 0 aromatic heterocycles. The number of phenols is 1. The molecule has 4 heteroatoms. The molecule has 2 rings (SSSR count). The number of aliphatic hydroxyl groups is 2. The molecule has 1 aliphatic carbocycles. The molecule has 1 atom stereocenters. The van der Waals surface area contributed by atoms with Gasteiger partial charge in [-0.2, -0.15) is 0 Å². The first-order chi connectivity index (χ1) is 10.0. The number of hydrogen-bond acceptors (Lipinski definition) is 4. The molecule has 1 aromatic carbocycles. The van der Waals surface area contributed by atoms with Gasteiger partial charge in [0, 0.05) is 5.56 Å². The van der Waals surface area contributed by atoms with Gasteiger partial charge in [0.25, 0.3) is 0 Å². The summed E-state index contributed by atoms with van der Waals surface area (Å²) in [6.07, 6.45) is 8.24. The monoisotopic (exact) mass is 291 g/mol. The lowest BCUT2D eigenvalue weighted by Crippen LogP contribution is -2.28. The van der Waals surface area contributed by atoms with Crippen molar-refractivity contribution in [3.8, 4) is 5.75 Å². The average Bonchev–Trinajstić information content (AvgIpc) is 2.47. The van der Waals surface area contributed by atoms with Gasteiger partial charge in [-0.3, -0.25) is 0 Å². The van der Waals surface area contributed by atoms with Crippen LogP contribution in [0.1, 0.15) is 55.8 Å². The van der Waals surface area contributed by atoms with E-state index in [1.54, 1.807) is 18.2 Å².